The van der Waals surface area contributed by atoms with Crippen molar-refractivity contribution in [2.75, 3.05) is 39.3 Å². The van der Waals surface area contributed by atoms with Gasteiger partial charge in [-0.05, 0) is 57.0 Å². The van der Waals surface area contributed by atoms with E-state index < -0.39 is 5.41 Å². The molecule has 2 N–H and O–H groups in total. The Kier molecular flexibility index (Phi) is 6.60. The van der Waals surface area contributed by atoms with Crippen molar-refractivity contribution in [2.45, 2.75) is 32.1 Å². The van der Waals surface area contributed by atoms with Crippen LogP contribution in [0.4, 0.5) is 0 Å². The summed E-state index contributed by atoms with van der Waals surface area (Å²) in [5.41, 5.74) is 5.08. The Morgan fingerprint density at radius 2 is 1.96 bits per heavy atom. The van der Waals surface area contributed by atoms with E-state index in [2.05, 4.69) is 4.90 Å². The van der Waals surface area contributed by atoms with Crippen molar-refractivity contribution in [3.63, 3.8) is 0 Å². The number of hydrogen-bond acceptors (Lipinski definition) is 4. The highest BCUT2D eigenvalue weighted by Gasteiger charge is 2.39. The summed E-state index contributed by atoms with van der Waals surface area (Å²) in [4.78, 5) is 28.6. The highest BCUT2D eigenvalue weighted by Crippen LogP contribution is 2.35. The van der Waals surface area contributed by atoms with Crippen LogP contribution < -0.4 is 10.5 Å². The smallest absolute Gasteiger partial charge is 0.236 e. The molecule has 1 unspecified atom stereocenters. The lowest BCUT2D eigenvalue weighted by Gasteiger charge is -2.42. The summed E-state index contributed by atoms with van der Waals surface area (Å²) in [6.07, 6.45) is 4.18. The van der Waals surface area contributed by atoms with Gasteiger partial charge in [-0.3, -0.25) is 14.5 Å². The minimum atomic E-state index is -0.451. The summed E-state index contributed by atoms with van der Waals surface area (Å²) in [5, 5.41) is 0.600. The molecule has 1 atom stereocenters. The fraction of sp³-hybridized carbons (Fsp3) is 0.600. The van der Waals surface area contributed by atoms with E-state index in [0.29, 0.717) is 30.5 Å². The summed E-state index contributed by atoms with van der Waals surface area (Å²) in [6, 6.07) is 7.19. The Bertz CT molecular complexity index is 678. The molecule has 1 aromatic rings. The number of nitrogens with zero attached hydrogens (tertiary/aromatic N) is 2. The largest absolute Gasteiger partial charge is 0.493 e. The van der Waals surface area contributed by atoms with Crippen LogP contribution in [0.25, 0.3) is 0 Å². The molecule has 0 spiro atoms. The number of carbonyl (C=O) groups excluding carboxylic acids is 2. The first-order valence-electron chi connectivity index (χ1n) is 9.63. The molecule has 2 aliphatic rings. The second-order valence-corrected chi connectivity index (χ2v) is 8.23. The van der Waals surface area contributed by atoms with Crippen LogP contribution in [0.15, 0.2) is 24.3 Å². The molecule has 2 aliphatic heterocycles. The van der Waals surface area contributed by atoms with Crippen LogP contribution in [-0.2, 0) is 9.59 Å². The van der Waals surface area contributed by atoms with E-state index in [1.807, 2.05) is 17.0 Å². The Morgan fingerprint density at radius 1 is 1.19 bits per heavy atom. The molecule has 7 heteroatoms. The van der Waals surface area contributed by atoms with Crippen LogP contribution in [0.1, 0.15) is 32.1 Å². The van der Waals surface area contributed by atoms with Gasteiger partial charge in [-0.1, -0.05) is 17.7 Å². The van der Waals surface area contributed by atoms with Gasteiger partial charge in [0.15, 0.2) is 0 Å². The van der Waals surface area contributed by atoms with Crippen molar-refractivity contribution in [1.29, 1.82) is 0 Å². The highest BCUT2D eigenvalue weighted by atomic mass is 35.5. The number of likely N-dealkylation sites (tertiary alicyclic amines) is 2. The normalized spacial score (nSPS) is 23.4. The van der Waals surface area contributed by atoms with Crippen LogP contribution >= 0.6 is 11.6 Å². The van der Waals surface area contributed by atoms with E-state index in [1.165, 1.54) is 0 Å². The molecule has 0 bridgehead atoms. The quantitative estimate of drug-likeness (QED) is 0.771. The molecule has 0 radical (unpaired) electrons. The summed E-state index contributed by atoms with van der Waals surface area (Å²) >= 11 is 6.02. The lowest BCUT2D eigenvalue weighted by Crippen LogP contribution is -2.52. The van der Waals surface area contributed by atoms with E-state index in [0.717, 1.165) is 45.3 Å². The second kappa shape index (κ2) is 8.93. The number of carbonyl (C=O) groups is 2. The van der Waals surface area contributed by atoms with Crippen molar-refractivity contribution in [1.82, 2.24) is 9.80 Å². The topological polar surface area (TPSA) is 75.9 Å². The standard InChI is InChI=1S/C20H28ClN3O3/c21-16-5-3-6-17(11-16)27-15-20(12-18(22)25)7-4-10-24(14-20)19(26)13-23-8-1-2-9-23/h3,5-6,11H,1-2,4,7-10,12-15H2,(H2,22,25). The van der Waals surface area contributed by atoms with E-state index in [1.54, 1.807) is 12.1 Å². The van der Waals surface area contributed by atoms with E-state index in [4.69, 9.17) is 22.1 Å². The van der Waals surface area contributed by atoms with Crippen molar-refractivity contribution < 1.29 is 14.3 Å². The molecule has 2 fully saturated rings. The van der Waals surface area contributed by atoms with Gasteiger partial charge in [0, 0.05) is 29.9 Å². The van der Waals surface area contributed by atoms with Gasteiger partial charge in [0.05, 0.1) is 13.2 Å². The zero-order valence-corrected chi connectivity index (χ0v) is 16.4. The minimum absolute atomic E-state index is 0.133. The number of benzene rings is 1. The number of primary amides is 1. The number of ether oxygens (including phenoxy) is 1. The monoisotopic (exact) mass is 393 g/mol. The van der Waals surface area contributed by atoms with E-state index in [-0.39, 0.29) is 18.2 Å². The molecule has 0 aromatic heterocycles. The van der Waals surface area contributed by atoms with Gasteiger partial charge in [-0.2, -0.15) is 0 Å². The Hall–Kier alpha value is -1.79. The molecular weight excluding hydrogens is 366 g/mol. The van der Waals surface area contributed by atoms with Gasteiger partial charge >= 0.3 is 0 Å². The molecule has 27 heavy (non-hydrogen) atoms. The van der Waals surface area contributed by atoms with Crippen LogP contribution in [0.5, 0.6) is 5.75 Å². The van der Waals surface area contributed by atoms with Gasteiger partial charge in [0.25, 0.3) is 0 Å². The molecule has 1 aromatic carbocycles. The van der Waals surface area contributed by atoms with Crippen LogP contribution in [0, 0.1) is 5.41 Å². The number of piperidine rings is 1. The molecule has 3 rings (SSSR count). The number of hydrogen-bond donors (Lipinski definition) is 1. The summed E-state index contributed by atoms with van der Waals surface area (Å²) in [7, 11) is 0. The SMILES string of the molecule is NC(=O)CC1(COc2cccc(Cl)c2)CCCN(C(=O)CN2CCCC2)C1. The molecule has 2 amide bonds. The predicted octanol–water partition coefficient (Wildman–Crippen LogP) is 2.30. The summed E-state index contributed by atoms with van der Waals surface area (Å²) in [6.45, 7) is 4.01. The zero-order valence-electron chi connectivity index (χ0n) is 15.7. The van der Waals surface area contributed by atoms with E-state index in [9.17, 15) is 9.59 Å². The summed E-state index contributed by atoms with van der Waals surface area (Å²) in [5.74, 6) is 0.429. The van der Waals surface area contributed by atoms with Gasteiger partial charge in [-0.25, -0.2) is 0 Å². The lowest BCUT2D eigenvalue weighted by atomic mass is 9.77. The number of halogens is 1. The first-order chi connectivity index (χ1) is 13.0. The fourth-order valence-electron chi connectivity index (χ4n) is 4.13. The van der Waals surface area contributed by atoms with Gasteiger partial charge in [0.2, 0.25) is 11.8 Å². The van der Waals surface area contributed by atoms with Gasteiger partial charge in [-0.15, -0.1) is 0 Å². The zero-order chi connectivity index (χ0) is 19.3. The predicted molar refractivity (Wildman–Crippen MR) is 105 cm³/mol. The maximum atomic E-state index is 12.8. The molecule has 2 saturated heterocycles. The van der Waals surface area contributed by atoms with Crippen molar-refractivity contribution in [3.05, 3.63) is 29.3 Å². The Labute approximate surface area is 165 Å². The molecule has 6 nitrogen and oxygen atoms in total. The lowest BCUT2D eigenvalue weighted by molar-refractivity contribution is -0.138. The van der Waals surface area contributed by atoms with Crippen molar-refractivity contribution in [3.8, 4) is 5.75 Å². The molecule has 0 saturated carbocycles. The average molecular weight is 394 g/mol. The maximum Gasteiger partial charge on any atom is 0.236 e. The maximum absolute atomic E-state index is 12.8. The third-order valence-corrected chi connectivity index (χ3v) is 5.70. The summed E-state index contributed by atoms with van der Waals surface area (Å²) < 4.78 is 5.95. The Morgan fingerprint density at radius 3 is 2.67 bits per heavy atom. The fourth-order valence-corrected chi connectivity index (χ4v) is 4.31. The molecule has 148 valence electrons. The minimum Gasteiger partial charge on any atom is -0.493 e. The van der Waals surface area contributed by atoms with Gasteiger partial charge < -0.3 is 15.4 Å². The number of rotatable bonds is 7. The van der Waals surface area contributed by atoms with Gasteiger partial charge in [0.1, 0.15) is 5.75 Å². The molecule has 2 heterocycles. The first kappa shape index (κ1) is 20.0. The third kappa shape index (κ3) is 5.59. The van der Waals surface area contributed by atoms with Crippen LogP contribution in [0.2, 0.25) is 5.02 Å². The highest BCUT2D eigenvalue weighted by molar-refractivity contribution is 6.30. The number of amides is 2. The average Bonchev–Trinajstić information content (AvgIpc) is 3.13. The first-order valence-corrected chi connectivity index (χ1v) is 10.0. The third-order valence-electron chi connectivity index (χ3n) is 5.46. The van der Waals surface area contributed by atoms with Crippen LogP contribution in [0.3, 0.4) is 0 Å². The number of nitrogens with two attached hydrogens (primary N) is 1. The Balaban J connectivity index is 1.66. The van der Waals surface area contributed by atoms with Crippen molar-refractivity contribution in [2.24, 2.45) is 11.1 Å². The second-order valence-electron chi connectivity index (χ2n) is 7.79. The molecule has 0 aliphatic carbocycles. The molecular formula is C20H28ClN3O3. The van der Waals surface area contributed by atoms with Crippen LogP contribution in [-0.4, -0.2) is 60.9 Å². The van der Waals surface area contributed by atoms with E-state index >= 15 is 0 Å². The van der Waals surface area contributed by atoms with Crippen molar-refractivity contribution >= 4 is 23.4 Å².